The smallest absolute Gasteiger partial charge is 0.373 e. The molecule has 2 N–H and O–H groups in total. The van der Waals surface area contributed by atoms with E-state index in [0.717, 1.165) is 13.0 Å². The maximum atomic E-state index is 8.63. The summed E-state index contributed by atoms with van der Waals surface area (Å²) in [6.45, 7) is 6.04. The van der Waals surface area contributed by atoms with Gasteiger partial charge in [-0.25, -0.2) is 0 Å². The summed E-state index contributed by atoms with van der Waals surface area (Å²) in [6, 6.07) is 0. The third-order valence-electron chi connectivity index (χ3n) is 0.788. The Labute approximate surface area is 50.7 Å². The third kappa shape index (κ3) is 5.72. The molecule has 0 heterocycles. The molecule has 0 atom stereocenters. The molecule has 0 radical (unpaired) electrons. The first-order valence-electron chi connectivity index (χ1n) is 2.79. The number of hydrogen-bond acceptors (Lipinski definition) is 2. The van der Waals surface area contributed by atoms with E-state index in [1.807, 2.05) is 6.08 Å². The average Bonchev–Trinajstić information content (AvgIpc) is 1.66. The zero-order chi connectivity index (χ0) is 6.41. The Kier molecular flexibility index (Phi) is 4.71. The van der Waals surface area contributed by atoms with Crippen molar-refractivity contribution in [2.45, 2.75) is 13.2 Å². The highest BCUT2D eigenvalue weighted by atomic mass is 16.2. The molecule has 2 nitrogen and oxygen atoms in total. The van der Waals surface area contributed by atoms with Gasteiger partial charge >= 0.3 is 7.05 Å². The molecule has 3 heteroatoms. The molecule has 0 saturated heterocycles. The van der Waals surface area contributed by atoms with Gasteiger partial charge in [0.2, 0.25) is 0 Å². The van der Waals surface area contributed by atoms with Crippen LogP contribution in [-0.2, 0) is 0 Å². The Morgan fingerprint density at radius 3 is 2.88 bits per heavy atom. The van der Waals surface area contributed by atoms with Crippen molar-refractivity contribution in [3.05, 3.63) is 12.7 Å². The van der Waals surface area contributed by atoms with E-state index < -0.39 is 7.05 Å². The molecule has 0 aliphatic rings. The van der Waals surface area contributed by atoms with Crippen molar-refractivity contribution in [2.75, 3.05) is 6.54 Å². The van der Waals surface area contributed by atoms with Gasteiger partial charge in [0.1, 0.15) is 0 Å². The first-order valence-corrected chi connectivity index (χ1v) is 2.79. The minimum atomic E-state index is -0.394. The summed E-state index contributed by atoms with van der Waals surface area (Å²) in [5.41, 5.74) is 0. The molecule has 0 spiro atoms. The van der Waals surface area contributed by atoms with Crippen molar-refractivity contribution in [1.29, 1.82) is 0 Å². The topological polar surface area (TPSA) is 32.3 Å². The van der Waals surface area contributed by atoms with Crippen LogP contribution in [-0.4, -0.2) is 18.6 Å². The first-order chi connectivity index (χ1) is 3.77. The van der Waals surface area contributed by atoms with Gasteiger partial charge in [-0.1, -0.05) is 6.08 Å². The van der Waals surface area contributed by atoms with Gasteiger partial charge in [0.05, 0.1) is 0 Å². The van der Waals surface area contributed by atoms with E-state index in [-0.39, 0.29) is 0 Å². The van der Waals surface area contributed by atoms with Gasteiger partial charge < -0.3 is 10.3 Å². The van der Waals surface area contributed by atoms with Crippen molar-refractivity contribution in [3.63, 3.8) is 0 Å². The third-order valence-corrected chi connectivity index (χ3v) is 0.788. The Morgan fingerprint density at radius 1 is 1.88 bits per heavy atom. The summed E-state index contributed by atoms with van der Waals surface area (Å²) in [7, 11) is -0.394. The number of hydrogen-bond donors (Lipinski definition) is 2. The van der Waals surface area contributed by atoms with Crippen LogP contribution in [0.3, 0.4) is 0 Å². The van der Waals surface area contributed by atoms with Crippen LogP contribution >= 0.6 is 0 Å². The highest BCUT2D eigenvalue weighted by molar-refractivity contribution is 6.45. The standard InChI is InChI=1S/C5H12BNO/c1-3-4-5-7-6(2)8/h3,7-8H,1,4-5H2,2H3. The fourth-order valence-corrected chi connectivity index (χ4v) is 0.394. The molecule has 0 aromatic carbocycles. The van der Waals surface area contributed by atoms with Crippen LogP contribution in [0.15, 0.2) is 12.7 Å². The summed E-state index contributed by atoms with van der Waals surface area (Å²) in [4.78, 5) is 0. The normalized spacial score (nSPS) is 8.75. The largest absolute Gasteiger partial charge is 0.437 e. The van der Waals surface area contributed by atoms with E-state index in [1.165, 1.54) is 0 Å². The van der Waals surface area contributed by atoms with Gasteiger partial charge in [-0.3, -0.25) is 0 Å². The van der Waals surface area contributed by atoms with Crippen molar-refractivity contribution in [1.82, 2.24) is 5.23 Å². The summed E-state index contributed by atoms with van der Waals surface area (Å²) < 4.78 is 0. The van der Waals surface area contributed by atoms with Gasteiger partial charge in [0.15, 0.2) is 0 Å². The van der Waals surface area contributed by atoms with Crippen LogP contribution in [0.5, 0.6) is 0 Å². The van der Waals surface area contributed by atoms with Crippen molar-refractivity contribution in [3.8, 4) is 0 Å². The van der Waals surface area contributed by atoms with Crippen molar-refractivity contribution < 1.29 is 5.02 Å². The number of rotatable bonds is 4. The second-order valence-electron chi connectivity index (χ2n) is 1.71. The molecule has 0 unspecified atom stereocenters. The highest BCUT2D eigenvalue weighted by Gasteiger charge is 1.96. The molecule has 0 bridgehead atoms. The van der Waals surface area contributed by atoms with Gasteiger partial charge in [-0.2, -0.15) is 0 Å². The van der Waals surface area contributed by atoms with E-state index in [0.29, 0.717) is 0 Å². The lowest BCUT2D eigenvalue weighted by molar-refractivity contribution is 0.555. The van der Waals surface area contributed by atoms with Gasteiger partial charge in [0, 0.05) is 0 Å². The number of nitrogens with one attached hydrogen (secondary N) is 1. The Balaban J connectivity index is 2.81. The predicted molar refractivity (Wildman–Crippen MR) is 36.7 cm³/mol. The van der Waals surface area contributed by atoms with Crippen molar-refractivity contribution >= 4 is 7.05 Å². The van der Waals surface area contributed by atoms with Crippen LogP contribution in [0.1, 0.15) is 6.42 Å². The lowest BCUT2D eigenvalue weighted by Gasteiger charge is -1.98. The molecule has 0 aromatic rings. The van der Waals surface area contributed by atoms with Gasteiger partial charge in [-0.15, -0.1) is 6.58 Å². The van der Waals surface area contributed by atoms with E-state index >= 15 is 0 Å². The zero-order valence-electron chi connectivity index (χ0n) is 5.22. The molecular formula is C5H12BNO. The quantitative estimate of drug-likeness (QED) is 0.311. The van der Waals surface area contributed by atoms with E-state index in [4.69, 9.17) is 5.02 Å². The molecule has 0 aliphatic carbocycles. The molecule has 0 rings (SSSR count). The zero-order valence-corrected chi connectivity index (χ0v) is 5.22. The Morgan fingerprint density at radius 2 is 2.50 bits per heavy atom. The minimum Gasteiger partial charge on any atom is -0.437 e. The van der Waals surface area contributed by atoms with Crippen LogP contribution in [0.25, 0.3) is 0 Å². The Hall–Kier alpha value is -0.275. The molecule has 0 fully saturated rings. The lowest BCUT2D eigenvalue weighted by atomic mass is 9.89. The molecule has 0 aromatic heterocycles. The molecule has 46 valence electrons. The predicted octanol–water partition coefficient (Wildman–Crippen LogP) is 0.262. The molecule has 0 amide bonds. The fraction of sp³-hybridized carbons (Fsp3) is 0.600. The second-order valence-corrected chi connectivity index (χ2v) is 1.71. The summed E-state index contributed by atoms with van der Waals surface area (Å²) in [5.74, 6) is 0. The Bertz CT molecular complexity index is 65.4. The van der Waals surface area contributed by atoms with Crippen LogP contribution in [0.4, 0.5) is 0 Å². The van der Waals surface area contributed by atoms with Crippen LogP contribution < -0.4 is 5.23 Å². The molecule has 8 heavy (non-hydrogen) atoms. The minimum absolute atomic E-state index is 0.394. The SMILES string of the molecule is C=CCCNB(C)O. The van der Waals surface area contributed by atoms with Gasteiger partial charge in [-0.05, 0) is 19.8 Å². The van der Waals surface area contributed by atoms with E-state index in [9.17, 15) is 0 Å². The molecule has 0 saturated carbocycles. The maximum absolute atomic E-state index is 8.63. The van der Waals surface area contributed by atoms with E-state index in [1.54, 1.807) is 6.82 Å². The molecule has 0 aliphatic heterocycles. The van der Waals surface area contributed by atoms with Crippen LogP contribution in [0.2, 0.25) is 6.82 Å². The first kappa shape index (κ1) is 7.72. The lowest BCUT2D eigenvalue weighted by Crippen LogP contribution is -2.30. The second kappa shape index (κ2) is 4.87. The maximum Gasteiger partial charge on any atom is 0.373 e. The summed E-state index contributed by atoms with van der Waals surface area (Å²) in [5, 5.41) is 11.5. The molecular weight excluding hydrogens is 101 g/mol. The summed E-state index contributed by atoms with van der Waals surface area (Å²) >= 11 is 0. The van der Waals surface area contributed by atoms with Crippen molar-refractivity contribution in [2.24, 2.45) is 0 Å². The highest BCUT2D eigenvalue weighted by Crippen LogP contribution is 1.74. The van der Waals surface area contributed by atoms with Crippen LogP contribution in [0, 0.1) is 0 Å². The average molecular weight is 113 g/mol. The van der Waals surface area contributed by atoms with E-state index in [2.05, 4.69) is 11.8 Å². The fourth-order valence-electron chi connectivity index (χ4n) is 0.394. The summed E-state index contributed by atoms with van der Waals surface area (Å²) in [6.07, 6.45) is 2.72. The monoisotopic (exact) mass is 113 g/mol. The van der Waals surface area contributed by atoms with Gasteiger partial charge in [0.25, 0.3) is 0 Å².